The molecule has 0 unspecified atom stereocenters. The van der Waals surface area contributed by atoms with Crippen molar-refractivity contribution < 1.29 is 9.94 Å². The maximum atomic E-state index is 8.71. The first-order chi connectivity index (χ1) is 7.36. The van der Waals surface area contributed by atoms with Crippen LogP contribution < -0.4 is 10.2 Å². The Balaban J connectivity index is 2.64. The van der Waals surface area contributed by atoms with Gasteiger partial charge in [-0.05, 0) is 5.39 Å². The van der Waals surface area contributed by atoms with Crippen LogP contribution in [0.5, 0.6) is 5.75 Å². The minimum Gasteiger partial charge on any atom is -0.496 e. The molecule has 2 rings (SSSR count). The molecule has 0 radical (unpaired) electrons. The summed E-state index contributed by atoms with van der Waals surface area (Å²) in [5.41, 5.74) is 3.09. The Bertz CT molecular complexity index is 468. The highest BCUT2D eigenvalue weighted by Crippen LogP contribution is 2.29. The van der Waals surface area contributed by atoms with E-state index in [-0.39, 0.29) is 0 Å². The number of hydrogen-bond acceptors (Lipinski definition) is 3. The van der Waals surface area contributed by atoms with Gasteiger partial charge in [0.1, 0.15) is 5.75 Å². The molecular formula is C12H13NO2. The molecule has 3 heteroatoms. The van der Waals surface area contributed by atoms with Crippen molar-refractivity contribution in [1.29, 1.82) is 0 Å². The van der Waals surface area contributed by atoms with E-state index in [0.717, 1.165) is 22.1 Å². The van der Waals surface area contributed by atoms with Gasteiger partial charge >= 0.3 is 0 Å². The molecular weight excluding hydrogens is 190 g/mol. The quantitative estimate of drug-likeness (QED) is 0.752. The fourth-order valence-electron chi connectivity index (χ4n) is 1.75. The van der Waals surface area contributed by atoms with Crippen molar-refractivity contribution in [2.24, 2.45) is 0 Å². The Labute approximate surface area is 88.3 Å². The fraction of sp³-hybridized carbons (Fsp3) is 0.167. The summed E-state index contributed by atoms with van der Waals surface area (Å²) in [6.07, 6.45) is 0. The second-order valence-corrected chi connectivity index (χ2v) is 3.31. The maximum Gasteiger partial charge on any atom is 0.131 e. The van der Waals surface area contributed by atoms with Crippen LogP contribution in [0.25, 0.3) is 10.8 Å². The smallest absolute Gasteiger partial charge is 0.131 e. The average Bonchev–Trinajstić information content (AvgIpc) is 2.29. The molecule has 15 heavy (non-hydrogen) atoms. The number of benzene rings is 2. The molecule has 0 aromatic heterocycles. The number of rotatable bonds is 3. The molecule has 0 aliphatic rings. The Hall–Kier alpha value is -1.58. The number of fused-ring (bicyclic) bond motifs is 1. The van der Waals surface area contributed by atoms with Crippen LogP contribution in [-0.2, 0) is 6.54 Å². The van der Waals surface area contributed by atoms with Gasteiger partial charge in [-0.2, -0.15) is 0 Å². The number of methoxy groups -OCH3 is 1. The summed E-state index contributed by atoms with van der Waals surface area (Å²) >= 11 is 0. The molecule has 0 fully saturated rings. The molecule has 2 N–H and O–H groups in total. The first-order valence-electron chi connectivity index (χ1n) is 4.78. The molecule has 0 heterocycles. The topological polar surface area (TPSA) is 41.5 Å². The third-order valence-electron chi connectivity index (χ3n) is 2.43. The minimum absolute atomic E-state index is 0.383. The monoisotopic (exact) mass is 203 g/mol. The Morgan fingerprint density at radius 1 is 1.20 bits per heavy atom. The van der Waals surface area contributed by atoms with Crippen molar-refractivity contribution in [3.63, 3.8) is 0 Å². The van der Waals surface area contributed by atoms with E-state index in [1.54, 1.807) is 7.11 Å². The van der Waals surface area contributed by atoms with Crippen molar-refractivity contribution in [2.75, 3.05) is 7.11 Å². The molecule has 0 aliphatic heterocycles. The predicted octanol–water partition coefficient (Wildman–Crippen LogP) is 2.33. The zero-order valence-electron chi connectivity index (χ0n) is 8.53. The van der Waals surface area contributed by atoms with E-state index in [2.05, 4.69) is 5.48 Å². The number of ether oxygens (including phenoxy) is 1. The molecule has 0 spiro atoms. The average molecular weight is 203 g/mol. The third-order valence-corrected chi connectivity index (χ3v) is 2.43. The fourth-order valence-corrected chi connectivity index (χ4v) is 1.75. The second-order valence-electron chi connectivity index (χ2n) is 3.31. The van der Waals surface area contributed by atoms with E-state index in [1.807, 2.05) is 36.4 Å². The highest BCUT2D eigenvalue weighted by atomic mass is 16.5. The molecule has 0 bridgehead atoms. The normalized spacial score (nSPS) is 10.5. The summed E-state index contributed by atoms with van der Waals surface area (Å²) in [7, 11) is 1.64. The van der Waals surface area contributed by atoms with Gasteiger partial charge in [0.05, 0.1) is 7.11 Å². The highest BCUT2D eigenvalue weighted by Gasteiger charge is 2.06. The number of hydroxylamine groups is 1. The predicted molar refractivity (Wildman–Crippen MR) is 59.1 cm³/mol. The van der Waals surface area contributed by atoms with Gasteiger partial charge < -0.3 is 9.94 Å². The van der Waals surface area contributed by atoms with E-state index >= 15 is 0 Å². The summed E-state index contributed by atoms with van der Waals surface area (Å²) in [5, 5.41) is 10.9. The van der Waals surface area contributed by atoms with Gasteiger partial charge in [-0.15, -0.1) is 0 Å². The molecule has 2 aromatic rings. The van der Waals surface area contributed by atoms with Crippen LogP contribution >= 0.6 is 0 Å². The van der Waals surface area contributed by atoms with Crippen LogP contribution in [0.15, 0.2) is 36.4 Å². The first kappa shape index (κ1) is 9.96. The highest BCUT2D eigenvalue weighted by molar-refractivity contribution is 5.89. The Kier molecular flexibility index (Phi) is 2.85. The summed E-state index contributed by atoms with van der Waals surface area (Å²) in [6.45, 7) is 0.383. The van der Waals surface area contributed by atoms with E-state index in [4.69, 9.17) is 9.94 Å². The molecule has 0 atom stereocenters. The minimum atomic E-state index is 0.383. The number of hydrogen-bond donors (Lipinski definition) is 2. The maximum absolute atomic E-state index is 8.71. The lowest BCUT2D eigenvalue weighted by molar-refractivity contribution is 0.160. The summed E-state index contributed by atoms with van der Waals surface area (Å²) in [4.78, 5) is 0. The lowest BCUT2D eigenvalue weighted by Crippen LogP contribution is -2.07. The number of nitrogens with one attached hydrogen (secondary N) is 1. The SMILES string of the molecule is COc1c(CNO)ccc2ccccc12. The van der Waals surface area contributed by atoms with E-state index in [1.165, 1.54) is 0 Å². The molecule has 3 nitrogen and oxygen atoms in total. The Morgan fingerprint density at radius 2 is 2.00 bits per heavy atom. The molecule has 78 valence electrons. The van der Waals surface area contributed by atoms with Crippen LogP contribution in [-0.4, -0.2) is 12.3 Å². The van der Waals surface area contributed by atoms with Gasteiger partial charge in [0.25, 0.3) is 0 Å². The molecule has 0 saturated carbocycles. The Morgan fingerprint density at radius 3 is 2.73 bits per heavy atom. The zero-order chi connectivity index (χ0) is 10.7. The van der Waals surface area contributed by atoms with Gasteiger partial charge in [0.2, 0.25) is 0 Å². The van der Waals surface area contributed by atoms with Crippen LogP contribution in [0.2, 0.25) is 0 Å². The van der Waals surface area contributed by atoms with Crippen molar-refractivity contribution in [1.82, 2.24) is 5.48 Å². The lowest BCUT2D eigenvalue weighted by Gasteiger charge is -2.10. The van der Waals surface area contributed by atoms with Gasteiger partial charge in [-0.3, -0.25) is 0 Å². The van der Waals surface area contributed by atoms with Crippen molar-refractivity contribution in [2.45, 2.75) is 6.54 Å². The third kappa shape index (κ3) is 1.79. The van der Waals surface area contributed by atoms with Gasteiger partial charge in [-0.1, -0.05) is 36.4 Å². The molecule has 0 amide bonds. The first-order valence-corrected chi connectivity index (χ1v) is 4.78. The molecule has 0 aliphatic carbocycles. The summed E-state index contributed by atoms with van der Waals surface area (Å²) in [5.74, 6) is 0.814. The largest absolute Gasteiger partial charge is 0.496 e. The van der Waals surface area contributed by atoms with Gasteiger partial charge in [0, 0.05) is 17.5 Å². The van der Waals surface area contributed by atoms with Gasteiger partial charge in [-0.25, -0.2) is 5.48 Å². The van der Waals surface area contributed by atoms with Crippen LogP contribution in [0.4, 0.5) is 0 Å². The van der Waals surface area contributed by atoms with Crippen molar-refractivity contribution >= 4 is 10.8 Å². The van der Waals surface area contributed by atoms with Crippen molar-refractivity contribution in [3.05, 3.63) is 42.0 Å². The summed E-state index contributed by atoms with van der Waals surface area (Å²) in [6, 6.07) is 12.0. The standard InChI is InChI=1S/C12H13NO2/c1-15-12-10(8-13-14)7-6-9-4-2-3-5-11(9)12/h2-7,13-14H,8H2,1H3. The van der Waals surface area contributed by atoms with E-state index in [9.17, 15) is 0 Å². The second kappa shape index (κ2) is 4.29. The van der Waals surface area contributed by atoms with Crippen LogP contribution in [0.1, 0.15) is 5.56 Å². The van der Waals surface area contributed by atoms with Crippen molar-refractivity contribution in [3.8, 4) is 5.75 Å². The van der Waals surface area contributed by atoms with Crippen LogP contribution in [0, 0.1) is 0 Å². The van der Waals surface area contributed by atoms with Crippen LogP contribution in [0.3, 0.4) is 0 Å². The van der Waals surface area contributed by atoms with Gasteiger partial charge in [0.15, 0.2) is 0 Å². The summed E-state index contributed by atoms with van der Waals surface area (Å²) < 4.78 is 5.36. The van der Waals surface area contributed by atoms with E-state index in [0.29, 0.717) is 6.54 Å². The molecule has 0 saturated heterocycles. The lowest BCUT2D eigenvalue weighted by atomic mass is 10.1. The molecule has 2 aromatic carbocycles. The van der Waals surface area contributed by atoms with E-state index < -0.39 is 0 Å². The zero-order valence-corrected chi connectivity index (χ0v) is 8.53.